The maximum atomic E-state index is 12.6. The first-order valence-corrected chi connectivity index (χ1v) is 9.35. The number of nitrogens with zero attached hydrogens (tertiary/aromatic N) is 1. The fraction of sp³-hybridized carbons (Fsp3) is 0.632. The standard InChI is InChI=1S/C19H25Cl2NO3/c1-12-8-19(13-5-6-14(20)15(21)7-13)9-18(19,11-23)10-22(12)16(24)25-17(2,3)4/h5-7,12,23H,8-11H2,1-4H3/t12-,18?,19+/m0/s1. The Balaban J connectivity index is 1.88. The number of piperidine rings is 1. The number of halogens is 2. The van der Waals surface area contributed by atoms with E-state index in [1.165, 1.54) is 0 Å². The Morgan fingerprint density at radius 3 is 2.60 bits per heavy atom. The van der Waals surface area contributed by atoms with Gasteiger partial charge < -0.3 is 14.7 Å². The van der Waals surface area contributed by atoms with Crippen LogP contribution in [0.3, 0.4) is 0 Å². The molecule has 1 N–H and O–H groups in total. The van der Waals surface area contributed by atoms with Crippen molar-refractivity contribution in [3.63, 3.8) is 0 Å². The number of hydrogen-bond donors (Lipinski definition) is 1. The molecule has 1 aromatic rings. The summed E-state index contributed by atoms with van der Waals surface area (Å²) in [5, 5.41) is 11.2. The van der Waals surface area contributed by atoms with Crippen LogP contribution >= 0.6 is 23.2 Å². The molecule has 1 unspecified atom stereocenters. The summed E-state index contributed by atoms with van der Waals surface area (Å²) in [5.74, 6) is 0. The second-order valence-corrected chi connectivity index (χ2v) is 9.30. The third kappa shape index (κ3) is 3.13. The topological polar surface area (TPSA) is 49.8 Å². The first kappa shape index (κ1) is 18.8. The molecule has 0 bridgehead atoms. The minimum Gasteiger partial charge on any atom is -0.444 e. The zero-order valence-corrected chi connectivity index (χ0v) is 16.6. The molecule has 1 aliphatic carbocycles. The molecule has 2 aliphatic rings. The summed E-state index contributed by atoms with van der Waals surface area (Å²) in [6.45, 7) is 8.12. The zero-order valence-electron chi connectivity index (χ0n) is 15.1. The Kier molecular flexibility index (Phi) is 4.54. The zero-order chi connectivity index (χ0) is 18.6. The molecule has 25 heavy (non-hydrogen) atoms. The Labute approximate surface area is 159 Å². The van der Waals surface area contributed by atoms with Crippen LogP contribution in [0.4, 0.5) is 4.79 Å². The number of aliphatic hydroxyl groups excluding tert-OH is 1. The van der Waals surface area contributed by atoms with Crippen LogP contribution in [0.2, 0.25) is 10.0 Å². The van der Waals surface area contributed by atoms with E-state index in [9.17, 15) is 9.90 Å². The molecule has 0 aromatic heterocycles. The predicted octanol–water partition coefficient (Wildman–Crippen LogP) is 4.64. The molecule has 2 fully saturated rings. The van der Waals surface area contributed by atoms with Crippen molar-refractivity contribution < 1.29 is 14.6 Å². The van der Waals surface area contributed by atoms with Gasteiger partial charge in [-0.05, 0) is 58.2 Å². The molecule has 1 saturated heterocycles. The molecule has 1 aliphatic heterocycles. The van der Waals surface area contributed by atoms with Crippen molar-refractivity contribution in [3.8, 4) is 0 Å². The SMILES string of the molecule is C[C@H]1C[C@]2(c3ccc(Cl)c(Cl)c3)CC2(CO)CN1C(=O)OC(C)(C)C. The summed E-state index contributed by atoms with van der Waals surface area (Å²) in [5.41, 5.74) is 0.0542. The molecule has 1 saturated carbocycles. The molecule has 6 heteroatoms. The molecule has 1 heterocycles. The van der Waals surface area contributed by atoms with Crippen LogP contribution in [0.25, 0.3) is 0 Å². The second-order valence-electron chi connectivity index (χ2n) is 8.49. The lowest BCUT2D eigenvalue weighted by atomic mass is 9.78. The van der Waals surface area contributed by atoms with E-state index >= 15 is 0 Å². The van der Waals surface area contributed by atoms with E-state index in [1.807, 2.05) is 39.8 Å². The summed E-state index contributed by atoms with van der Waals surface area (Å²) in [6, 6.07) is 5.71. The van der Waals surface area contributed by atoms with Gasteiger partial charge in [-0.3, -0.25) is 0 Å². The summed E-state index contributed by atoms with van der Waals surface area (Å²) < 4.78 is 5.54. The van der Waals surface area contributed by atoms with Crippen molar-refractivity contribution in [2.75, 3.05) is 13.2 Å². The molecule has 1 amide bonds. The van der Waals surface area contributed by atoms with Gasteiger partial charge in [0.1, 0.15) is 5.60 Å². The monoisotopic (exact) mass is 385 g/mol. The molecule has 3 rings (SSSR count). The Morgan fingerprint density at radius 1 is 1.36 bits per heavy atom. The van der Waals surface area contributed by atoms with Crippen molar-refractivity contribution in [3.05, 3.63) is 33.8 Å². The van der Waals surface area contributed by atoms with Crippen LogP contribution < -0.4 is 0 Å². The van der Waals surface area contributed by atoms with Crippen molar-refractivity contribution >= 4 is 29.3 Å². The molecule has 0 spiro atoms. The van der Waals surface area contributed by atoms with E-state index in [1.54, 1.807) is 11.0 Å². The second kappa shape index (κ2) is 6.04. The lowest BCUT2D eigenvalue weighted by Gasteiger charge is -2.42. The maximum Gasteiger partial charge on any atom is 0.410 e. The van der Waals surface area contributed by atoms with Crippen LogP contribution in [-0.2, 0) is 10.2 Å². The van der Waals surface area contributed by atoms with Gasteiger partial charge in [0.15, 0.2) is 0 Å². The van der Waals surface area contributed by atoms with Gasteiger partial charge in [0.05, 0.1) is 16.7 Å². The van der Waals surface area contributed by atoms with Crippen LogP contribution in [0.5, 0.6) is 0 Å². The summed E-state index contributed by atoms with van der Waals surface area (Å²) in [7, 11) is 0. The number of ether oxygens (including phenoxy) is 1. The van der Waals surface area contributed by atoms with Crippen molar-refractivity contribution in [2.24, 2.45) is 5.41 Å². The average molecular weight is 386 g/mol. The van der Waals surface area contributed by atoms with Gasteiger partial charge in [0.25, 0.3) is 0 Å². The number of likely N-dealkylation sites (tertiary alicyclic amines) is 1. The van der Waals surface area contributed by atoms with Crippen molar-refractivity contribution in [2.45, 2.75) is 57.6 Å². The van der Waals surface area contributed by atoms with Gasteiger partial charge in [-0.1, -0.05) is 29.3 Å². The van der Waals surface area contributed by atoms with Gasteiger partial charge in [-0.15, -0.1) is 0 Å². The summed E-state index contributed by atoms with van der Waals surface area (Å²) in [6.07, 6.45) is 1.28. The molecule has 0 radical (unpaired) electrons. The lowest BCUT2D eigenvalue weighted by molar-refractivity contribution is -0.00423. The Hall–Kier alpha value is -0.970. The minimum absolute atomic E-state index is 0.0199. The van der Waals surface area contributed by atoms with E-state index in [-0.39, 0.29) is 29.6 Å². The van der Waals surface area contributed by atoms with Crippen molar-refractivity contribution in [1.29, 1.82) is 0 Å². The average Bonchev–Trinajstić information content (AvgIpc) is 3.17. The van der Waals surface area contributed by atoms with E-state index in [0.717, 1.165) is 18.4 Å². The fourth-order valence-electron chi connectivity index (χ4n) is 4.27. The fourth-order valence-corrected chi connectivity index (χ4v) is 4.57. The third-order valence-electron chi connectivity index (χ3n) is 5.58. The first-order chi connectivity index (χ1) is 11.5. The maximum absolute atomic E-state index is 12.6. The largest absolute Gasteiger partial charge is 0.444 e. The van der Waals surface area contributed by atoms with E-state index in [4.69, 9.17) is 27.9 Å². The van der Waals surface area contributed by atoms with Gasteiger partial charge >= 0.3 is 6.09 Å². The molecule has 3 atom stereocenters. The summed E-state index contributed by atoms with van der Waals surface area (Å²) in [4.78, 5) is 14.3. The lowest BCUT2D eigenvalue weighted by Crippen LogP contribution is -2.52. The molecule has 138 valence electrons. The van der Waals surface area contributed by atoms with Gasteiger partial charge in [-0.2, -0.15) is 0 Å². The van der Waals surface area contributed by atoms with Crippen LogP contribution in [0.1, 0.15) is 46.1 Å². The van der Waals surface area contributed by atoms with E-state index < -0.39 is 5.60 Å². The normalized spacial score (nSPS) is 31.5. The highest BCUT2D eigenvalue weighted by atomic mass is 35.5. The Bertz CT molecular complexity index is 702. The highest BCUT2D eigenvalue weighted by Crippen LogP contribution is 2.69. The highest BCUT2D eigenvalue weighted by Gasteiger charge is 2.71. The van der Waals surface area contributed by atoms with Crippen LogP contribution in [0.15, 0.2) is 18.2 Å². The minimum atomic E-state index is -0.537. The highest BCUT2D eigenvalue weighted by molar-refractivity contribution is 6.42. The smallest absolute Gasteiger partial charge is 0.410 e. The number of hydrogen-bond acceptors (Lipinski definition) is 3. The number of amides is 1. The Morgan fingerprint density at radius 2 is 2.04 bits per heavy atom. The van der Waals surface area contributed by atoms with Gasteiger partial charge in [0, 0.05) is 23.4 Å². The molecule has 1 aromatic carbocycles. The molecular formula is C19H25Cl2NO3. The summed E-state index contributed by atoms with van der Waals surface area (Å²) >= 11 is 12.3. The first-order valence-electron chi connectivity index (χ1n) is 8.60. The number of aliphatic hydroxyl groups is 1. The van der Waals surface area contributed by atoms with Gasteiger partial charge in [0.2, 0.25) is 0 Å². The number of fused-ring (bicyclic) bond motifs is 1. The van der Waals surface area contributed by atoms with Gasteiger partial charge in [-0.25, -0.2) is 4.79 Å². The quantitative estimate of drug-likeness (QED) is 0.806. The van der Waals surface area contributed by atoms with E-state index in [0.29, 0.717) is 16.6 Å². The predicted molar refractivity (Wildman–Crippen MR) is 99.3 cm³/mol. The van der Waals surface area contributed by atoms with Crippen LogP contribution in [-0.4, -0.2) is 40.9 Å². The molecular weight excluding hydrogens is 361 g/mol. The number of carbonyl (C=O) groups excluding carboxylic acids is 1. The number of benzene rings is 1. The third-order valence-corrected chi connectivity index (χ3v) is 6.32. The van der Waals surface area contributed by atoms with Crippen molar-refractivity contribution in [1.82, 2.24) is 4.90 Å². The number of rotatable bonds is 2. The number of carbonyl (C=O) groups is 1. The van der Waals surface area contributed by atoms with Crippen LogP contribution in [0, 0.1) is 5.41 Å². The van der Waals surface area contributed by atoms with E-state index in [2.05, 4.69) is 0 Å². The molecule has 4 nitrogen and oxygen atoms in total.